The van der Waals surface area contributed by atoms with Crippen molar-refractivity contribution in [3.8, 4) is 5.75 Å². The summed E-state index contributed by atoms with van der Waals surface area (Å²) in [6.07, 6.45) is 1.61. The van der Waals surface area contributed by atoms with Gasteiger partial charge in [-0.2, -0.15) is 0 Å². The first kappa shape index (κ1) is 20.7. The Balaban J connectivity index is 0.00000441. The van der Waals surface area contributed by atoms with Crippen molar-refractivity contribution in [3.63, 3.8) is 0 Å². The quantitative estimate of drug-likeness (QED) is 0.756. The topological polar surface area (TPSA) is 64.4 Å². The number of benzene rings is 1. The van der Waals surface area contributed by atoms with Gasteiger partial charge in [0.25, 0.3) is 0 Å². The standard InChI is InChI=1S/C17H28N2O2.ClH/c1-5-8-14(18)16(20)19-11-12-21-15-10-7-6-9-13(15)17(2,3)4;/h6-7,9-10,14H,5,8,11-12,18H2,1-4H3,(H,19,20);1H. The van der Waals surface area contributed by atoms with E-state index in [1.54, 1.807) is 0 Å². The molecule has 1 unspecified atom stereocenters. The minimum absolute atomic E-state index is 0. The van der Waals surface area contributed by atoms with Crippen LogP contribution in [0.5, 0.6) is 5.75 Å². The number of carbonyl (C=O) groups excluding carboxylic acids is 1. The molecule has 0 heterocycles. The van der Waals surface area contributed by atoms with Gasteiger partial charge in [-0.25, -0.2) is 0 Å². The molecule has 0 aliphatic carbocycles. The lowest BCUT2D eigenvalue weighted by Gasteiger charge is -2.22. The zero-order chi connectivity index (χ0) is 15.9. The Bertz CT molecular complexity index is 458. The second-order valence-corrected chi connectivity index (χ2v) is 6.28. The van der Waals surface area contributed by atoms with Crippen LogP contribution >= 0.6 is 12.4 Å². The van der Waals surface area contributed by atoms with E-state index >= 15 is 0 Å². The van der Waals surface area contributed by atoms with E-state index in [-0.39, 0.29) is 23.7 Å². The number of amides is 1. The van der Waals surface area contributed by atoms with Gasteiger partial charge in [-0.05, 0) is 23.5 Å². The van der Waals surface area contributed by atoms with Crippen molar-refractivity contribution < 1.29 is 9.53 Å². The average Bonchev–Trinajstić information content (AvgIpc) is 2.43. The van der Waals surface area contributed by atoms with Crippen LogP contribution in [0.3, 0.4) is 0 Å². The van der Waals surface area contributed by atoms with E-state index in [1.807, 2.05) is 25.1 Å². The van der Waals surface area contributed by atoms with Gasteiger partial charge in [0.15, 0.2) is 0 Å². The summed E-state index contributed by atoms with van der Waals surface area (Å²) < 4.78 is 5.80. The molecule has 0 saturated carbocycles. The first-order chi connectivity index (χ1) is 9.86. The number of rotatable bonds is 7. The number of nitrogens with two attached hydrogens (primary N) is 1. The Labute approximate surface area is 140 Å². The van der Waals surface area contributed by atoms with Crippen molar-refractivity contribution in [2.75, 3.05) is 13.2 Å². The summed E-state index contributed by atoms with van der Waals surface area (Å²) in [6.45, 7) is 9.38. The van der Waals surface area contributed by atoms with E-state index in [2.05, 4.69) is 32.2 Å². The van der Waals surface area contributed by atoms with Crippen molar-refractivity contribution in [2.24, 2.45) is 5.73 Å². The largest absolute Gasteiger partial charge is 0.491 e. The smallest absolute Gasteiger partial charge is 0.237 e. The van der Waals surface area contributed by atoms with Crippen molar-refractivity contribution in [2.45, 2.75) is 52.0 Å². The van der Waals surface area contributed by atoms with Crippen LogP contribution in [-0.2, 0) is 10.2 Å². The predicted octanol–water partition coefficient (Wildman–Crippen LogP) is 3.03. The van der Waals surface area contributed by atoms with Crippen molar-refractivity contribution >= 4 is 18.3 Å². The lowest BCUT2D eigenvalue weighted by Crippen LogP contribution is -2.41. The molecular weight excluding hydrogens is 300 g/mol. The third-order valence-corrected chi connectivity index (χ3v) is 3.29. The second kappa shape index (κ2) is 9.70. The monoisotopic (exact) mass is 328 g/mol. The van der Waals surface area contributed by atoms with Crippen LogP contribution in [0.2, 0.25) is 0 Å². The van der Waals surface area contributed by atoms with Crippen LogP contribution in [0, 0.1) is 0 Å². The van der Waals surface area contributed by atoms with E-state index in [0.29, 0.717) is 19.6 Å². The number of ether oxygens (including phenoxy) is 1. The SMILES string of the molecule is CCCC(N)C(=O)NCCOc1ccccc1C(C)(C)C.Cl. The molecule has 1 amide bonds. The summed E-state index contributed by atoms with van der Waals surface area (Å²) in [4.78, 5) is 11.7. The molecule has 0 aliphatic rings. The summed E-state index contributed by atoms with van der Waals surface area (Å²) in [6, 6.07) is 7.59. The van der Waals surface area contributed by atoms with Crippen LogP contribution in [0.25, 0.3) is 0 Å². The highest BCUT2D eigenvalue weighted by molar-refractivity contribution is 5.85. The summed E-state index contributed by atoms with van der Waals surface area (Å²) in [5, 5.41) is 2.81. The van der Waals surface area contributed by atoms with Gasteiger partial charge in [-0.1, -0.05) is 52.3 Å². The highest BCUT2D eigenvalue weighted by Gasteiger charge is 2.18. The molecule has 5 heteroatoms. The lowest BCUT2D eigenvalue weighted by molar-refractivity contribution is -0.122. The number of hydrogen-bond acceptors (Lipinski definition) is 3. The Morgan fingerprint density at radius 2 is 1.95 bits per heavy atom. The van der Waals surface area contributed by atoms with Gasteiger partial charge in [-0.3, -0.25) is 4.79 Å². The Hall–Kier alpha value is -1.26. The van der Waals surface area contributed by atoms with Gasteiger partial charge < -0.3 is 15.8 Å². The van der Waals surface area contributed by atoms with Gasteiger partial charge in [0.1, 0.15) is 12.4 Å². The Morgan fingerprint density at radius 3 is 2.55 bits per heavy atom. The van der Waals surface area contributed by atoms with E-state index in [4.69, 9.17) is 10.5 Å². The number of carbonyl (C=O) groups is 1. The molecule has 126 valence electrons. The van der Waals surface area contributed by atoms with Crippen LogP contribution in [-0.4, -0.2) is 25.1 Å². The fourth-order valence-corrected chi connectivity index (χ4v) is 2.12. The molecule has 0 saturated heterocycles. The molecule has 0 aromatic heterocycles. The first-order valence-electron chi connectivity index (χ1n) is 7.62. The third kappa shape index (κ3) is 6.67. The molecule has 3 N–H and O–H groups in total. The van der Waals surface area contributed by atoms with Crippen LogP contribution < -0.4 is 15.8 Å². The van der Waals surface area contributed by atoms with Crippen molar-refractivity contribution in [1.29, 1.82) is 0 Å². The van der Waals surface area contributed by atoms with Crippen LogP contribution in [0.15, 0.2) is 24.3 Å². The third-order valence-electron chi connectivity index (χ3n) is 3.29. The van der Waals surface area contributed by atoms with Crippen LogP contribution in [0.1, 0.15) is 46.1 Å². The summed E-state index contributed by atoms with van der Waals surface area (Å²) in [5.41, 5.74) is 6.95. The maximum atomic E-state index is 11.7. The normalized spacial score (nSPS) is 12.2. The van der Waals surface area contributed by atoms with Crippen molar-refractivity contribution in [3.05, 3.63) is 29.8 Å². The lowest BCUT2D eigenvalue weighted by atomic mass is 9.86. The molecule has 0 radical (unpaired) electrons. The first-order valence-corrected chi connectivity index (χ1v) is 7.62. The van der Waals surface area contributed by atoms with Crippen molar-refractivity contribution in [1.82, 2.24) is 5.32 Å². The zero-order valence-electron chi connectivity index (χ0n) is 14.0. The summed E-state index contributed by atoms with van der Waals surface area (Å²) in [5.74, 6) is 0.765. The van der Waals surface area contributed by atoms with Gasteiger partial charge in [0, 0.05) is 0 Å². The zero-order valence-corrected chi connectivity index (χ0v) is 14.8. The summed E-state index contributed by atoms with van der Waals surface area (Å²) in [7, 11) is 0. The highest BCUT2D eigenvalue weighted by Crippen LogP contribution is 2.30. The molecular formula is C17H29ClN2O2. The maximum absolute atomic E-state index is 11.7. The fourth-order valence-electron chi connectivity index (χ4n) is 2.12. The molecule has 1 atom stereocenters. The van der Waals surface area contributed by atoms with E-state index in [0.717, 1.165) is 12.2 Å². The fraction of sp³-hybridized carbons (Fsp3) is 0.588. The van der Waals surface area contributed by atoms with E-state index < -0.39 is 6.04 Å². The number of para-hydroxylation sites is 1. The number of hydrogen-bond donors (Lipinski definition) is 2. The molecule has 1 rings (SSSR count). The Morgan fingerprint density at radius 1 is 1.32 bits per heavy atom. The van der Waals surface area contributed by atoms with Gasteiger partial charge >= 0.3 is 0 Å². The Kier molecular flexibility index (Phi) is 9.14. The molecule has 1 aromatic rings. The molecule has 4 nitrogen and oxygen atoms in total. The van der Waals surface area contributed by atoms with E-state index in [1.165, 1.54) is 5.56 Å². The number of nitrogens with one attached hydrogen (secondary N) is 1. The average molecular weight is 329 g/mol. The number of halogens is 1. The maximum Gasteiger partial charge on any atom is 0.237 e. The molecule has 1 aromatic carbocycles. The molecule has 0 bridgehead atoms. The van der Waals surface area contributed by atoms with Gasteiger partial charge in [0.05, 0.1) is 12.6 Å². The van der Waals surface area contributed by atoms with Gasteiger partial charge in [0.2, 0.25) is 5.91 Å². The molecule has 0 aliphatic heterocycles. The molecule has 22 heavy (non-hydrogen) atoms. The minimum atomic E-state index is -0.420. The van der Waals surface area contributed by atoms with Crippen LogP contribution in [0.4, 0.5) is 0 Å². The summed E-state index contributed by atoms with van der Waals surface area (Å²) >= 11 is 0. The highest BCUT2D eigenvalue weighted by atomic mass is 35.5. The van der Waals surface area contributed by atoms with E-state index in [9.17, 15) is 4.79 Å². The molecule has 0 fully saturated rings. The minimum Gasteiger partial charge on any atom is -0.491 e. The molecule has 0 spiro atoms. The van der Waals surface area contributed by atoms with Gasteiger partial charge in [-0.15, -0.1) is 12.4 Å². The second-order valence-electron chi connectivity index (χ2n) is 6.28. The predicted molar refractivity (Wildman–Crippen MR) is 93.8 cm³/mol.